The van der Waals surface area contributed by atoms with Gasteiger partial charge in [0.1, 0.15) is 18.1 Å². The first kappa shape index (κ1) is 13.0. The van der Waals surface area contributed by atoms with Crippen LogP contribution in [0.15, 0.2) is 28.9 Å². The summed E-state index contributed by atoms with van der Waals surface area (Å²) < 4.78 is 8.36. The first-order valence-corrected chi connectivity index (χ1v) is 6.38. The zero-order valence-electron chi connectivity index (χ0n) is 10.3. The van der Waals surface area contributed by atoms with Gasteiger partial charge in [0.25, 0.3) is 0 Å². The number of rotatable bonds is 4. The van der Waals surface area contributed by atoms with Crippen molar-refractivity contribution < 1.29 is 4.74 Å². The first-order chi connectivity index (χ1) is 8.56. The summed E-state index contributed by atoms with van der Waals surface area (Å²) in [6.07, 6.45) is 1.82. The highest BCUT2D eigenvalue weighted by atomic mass is 79.9. The highest BCUT2D eigenvalue weighted by Gasteiger charge is 2.09. The van der Waals surface area contributed by atoms with Crippen molar-refractivity contribution in [3.05, 3.63) is 40.1 Å². The maximum absolute atomic E-state index is 5.91. The Morgan fingerprint density at radius 2 is 2.28 bits per heavy atom. The molecule has 0 unspecified atom stereocenters. The molecule has 2 rings (SSSR count). The van der Waals surface area contributed by atoms with Gasteiger partial charge in [-0.1, -0.05) is 27.2 Å². The molecule has 0 bridgehead atoms. The summed E-state index contributed by atoms with van der Waals surface area (Å²) in [5.41, 5.74) is 7.67. The molecule has 1 atom stereocenters. The van der Waals surface area contributed by atoms with Crippen molar-refractivity contribution in [2.75, 3.05) is 0 Å². The number of benzene rings is 1. The minimum Gasteiger partial charge on any atom is -0.487 e. The van der Waals surface area contributed by atoms with Crippen LogP contribution in [0.4, 0.5) is 0 Å². The molecule has 1 heterocycles. The number of nitrogens with two attached hydrogens (primary N) is 1. The van der Waals surface area contributed by atoms with E-state index in [1.165, 1.54) is 0 Å². The van der Waals surface area contributed by atoms with Gasteiger partial charge in [0.15, 0.2) is 0 Å². The molecule has 2 N–H and O–H groups in total. The number of aromatic nitrogens is 3. The molecule has 0 amide bonds. The highest BCUT2D eigenvalue weighted by molar-refractivity contribution is 9.10. The van der Waals surface area contributed by atoms with Crippen LogP contribution in [0.25, 0.3) is 0 Å². The minimum atomic E-state index is -0.0741. The second kappa shape index (κ2) is 5.49. The van der Waals surface area contributed by atoms with Crippen LogP contribution in [0.5, 0.6) is 5.75 Å². The van der Waals surface area contributed by atoms with Crippen molar-refractivity contribution in [2.45, 2.75) is 19.6 Å². The predicted molar refractivity (Wildman–Crippen MR) is 72.1 cm³/mol. The zero-order chi connectivity index (χ0) is 13.1. The van der Waals surface area contributed by atoms with Gasteiger partial charge in [-0.2, -0.15) is 0 Å². The summed E-state index contributed by atoms with van der Waals surface area (Å²) in [7, 11) is 1.82. The number of ether oxygens (including phenoxy) is 1. The Balaban J connectivity index is 2.15. The topological polar surface area (TPSA) is 66.0 Å². The second-order valence-electron chi connectivity index (χ2n) is 4.14. The molecule has 0 aliphatic carbocycles. The van der Waals surface area contributed by atoms with Crippen LogP contribution in [-0.4, -0.2) is 15.0 Å². The van der Waals surface area contributed by atoms with Crippen molar-refractivity contribution in [2.24, 2.45) is 12.8 Å². The largest absolute Gasteiger partial charge is 0.487 e. The highest BCUT2D eigenvalue weighted by Crippen LogP contribution is 2.28. The standard InChI is InChI=1S/C12H15BrN4O/c1-8(14)11-4-3-9(13)5-12(11)18-7-10-6-17(2)16-15-10/h3-6,8H,7,14H2,1-2H3/t8-/m0/s1. The van der Waals surface area contributed by atoms with Crippen LogP contribution in [0.1, 0.15) is 24.2 Å². The van der Waals surface area contributed by atoms with Crippen LogP contribution < -0.4 is 10.5 Å². The third-order valence-electron chi connectivity index (χ3n) is 2.49. The molecule has 0 aliphatic heterocycles. The van der Waals surface area contributed by atoms with Gasteiger partial charge < -0.3 is 10.5 Å². The van der Waals surface area contributed by atoms with Gasteiger partial charge in [0, 0.05) is 23.1 Å². The zero-order valence-corrected chi connectivity index (χ0v) is 11.9. The van der Waals surface area contributed by atoms with Crippen molar-refractivity contribution in [3.63, 3.8) is 0 Å². The van der Waals surface area contributed by atoms with E-state index in [1.807, 2.05) is 38.4 Å². The third kappa shape index (κ3) is 3.08. The van der Waals surface area contributed by atoms with Crippen LogP contribution in [0, 0.1) is 0 Å². The maximum Gasteiger partial charge on any atom is 0.134 e. The Kier molecular flexibility index (Phi) is 3.98. The normalized spacial score (nSPS) is 12.4. The van der Waals surface area contributed by atoms with Crippen LogP contribution in [0.2, 0.25) is 0 Å². The molecule has 0 spiro atoms. The molecule has 0 fully saturated rings. The number of hydrogen-bond donors (Lipinski definition) is 1. The Hall–Kier alpha value is -1.40. The Bertz CT molecular complexity index is 539. The summed E-state index contributed by atoms with van der Waals surface area (Å²) >= 11 is 3.42. The van der Waals surface area contributed by atoms with Crippen molar-refractivity contribution in [1.82, 2.24) is 15.0 Å². The maximum atomic E-state index is 5.91. The third-order valence-corrected chi connectivity index (χ3v) is 2.99. The van der Waals surface area contributed by atoms with E-state index >= 15 is 0 Å². The van der Waals surface area contributed by atoms with Gasteiger partial charge in [-0.05, 0) is 19.1 Å². The lowest BCUT2D eigenvalue weighted by atomic mass is 10.1. The van der Waals surface area contributed by atoms with E-state index in [0.29, 0.717) is 6.61 Å². The summed E-state index contributed by atoms with van der Waals surface area (Å²) in [6, 6.07) is 5.75. The quantitative estimate of drug-likeness (QED) is 0.940. The molecular formula is C12H15BrN4O. The first-order valence-electron chi connectivity index (χ1n) is 5.59. The number of halogens is 1. The minimum absolute atomic E-state index is 0.0741. The molecule has 5 nitrogen and oxygen atoms in total. The van der Waals surface area contributed by atoms with Gasteiger partial charge in [-0.15, -0.1) is 5.10 Å². The van der Waals surface area contributed by atoms with Gasteiger partial charge in [0.05, 0.1) is 6.20 Å². The van der Waals surface area contributed by atoms with Gasteiger partial charge in [-0.3, -0.25) is 4.68 Å². The molecule has 0 aliphatic rings. The van der Waals surface area contributed by atoms with Gasteiger partial charge in [-0.25, -0.2) is 0 Å². The molecule has 1 aromatic carbocycles. The molecule has 96 valence electrons. The Morgan fingerprint density at radius 3 is 2.89 bits per heavy atom. The fourth-order valence-corrected chi connectivity index (χ4v) is 1.96. The fourth-order valence-electron chi connectivity index (χ4n) is 1.62. The average molecular weight is 311 g/mol. The van der Waals surface area contributed by atoms with E-state index in [0.717, 1.165) is 21.5 Å². The lowest BCUT2D eigenvalue weighted by Gasteiger charge is -2.13. The van der Waals surface area contributed by atoms with E-state index in [2.05, 4.69) is 26.2 Å². The molecule has 18 heavy (non-hydrogen) atoms. The van der Waals surface area contributed by atoms with Crippen LogP contribution >= 0.6 is 15.9 Å². The Labute approximate surface area is 114 Å². The number of hydrogen-bond acceptors (Lipinski definition) is 4. The SMILES string of the molecule is C[C@H](N)c1ccc(Br)cc1OCc1cn(C)nn1. The molecule has 0 saturated carbocycles. The monoisotopic (exact) mass is 310 g/mol. The van der Waals surface area contributed by atoms with Crippen molar-refractivity contribution in [3.8, 4) is 5.75 Å². The molecule has 0 radical (unpaired) electrons. The summed E-state index contributed by atoms with van der Waals surface area (Å²) in [5, 5.41) is 7.83. The fraction of sp³-hybridized carbons (Fsp3) is 0.333. The molecule has 1 aromatic heterocycles. The molecule has 2 aromatic rings. The number of aryl methyl sites for hydroxylation is 1. The van der Waals surface area contributed by atoms with E-state index in [1.54, 1.807) is 4.68 Å². The van der Waals surface area contributed by atoms with E-state index < -0.39 is 0 Å². The Morgan fingerprint density at radius 1 is 1.50 bits per heavy atom. The average Bonchev–Trinajstić information content (AvgIpc) is 2.72. The molecular weight excluding hydrogens is 296 g/mol. The van der Waals surface area contributed by atoms with E-state index in [-0.39, 0.29) is 6.04 Å². The molecule has 6 heteroatoms. The lowest BCUT2D eigenvalue weighted by molar-refractivity contribution is 0.296. The van der Waals surface area contributed by atoms with E-state index in [9.17, 15) is 0 Å². The van der Waals surface area contributed by atoms with Crippen LogP contribution in [0.3, 0.4) is 0 Å². The molecule has 0 saturated heterocycles. The summed E-state index contributed by atoms with van der Waals surface area (Å²) in [6.45, 7) is 2.31. The smallest absolute Gasteiger partial charge is 0.134 e. The summed E-state index contributed by atoms with van der Waals surface area (Å²) in [4.78, 5) is 0. The van der Waals surface area contributed by atoms with Crippen molar-refractivity contribution in [1.29, 1.82) is 0 Å². The van der Waals surface area contributed by atoms with Gasteiger partial charge >= 0.3 is 0 Å². The van der Waals surface area contributed by atoms with E-state index in [4.69, 9.17) is 10.5 Å². The van der Waals surface area contributed by atoms with Crippen LogP contribution in [-0.2, 0) is 13.7 Å². The van der Waals surface area contributed by atoms with Gasteiger partial charge in [0.2, 0.25) is 0 Å². The summed E-state index contributed by atoms with van der Waals surface area (Å²) in [5.74, 6) is 0.769. The van der Waals surface area contributed by atoms with Crippen molar-refractivity contribution >= 4 is 15.9 Å². The number of nitrogens with zero attached hydrogens (tertiary/aromatic N) is 3. The second-order valence-corrected chi connectivity index (χ2v) is 5.06. The predicted octanol–water partition coefficient (Wildman–Crippen LogP) is 2.18. The lowest BCUT2D eigenvalue weighted by Crippen LogP contribution is -2.08.